The summed E-state index contributed by atoms with van der Waals surface area (Å²) in [5.41, 5.74) is 0.890. The van der Waals surface area contributed by atoms with Gasteiger partial charge in [0, 0.05) is 10.0 Å². The summed E-state index contributed by atoms with van der Waals surface area (Å²) < 4.78 is 41.5. The molecule has 2 aromatic rings. The lowest BCUT2D eigenvalue weighted by Crippen LogP contribution is -2.24. The van der Waals surface area contributed by atoms with Crippen LogP contribution in [-0.4, -0.2) is 6.54 Å². The lowest BCUT2D eigenvalue weighted by molar-refractivity contribution is 0.432. The molecule has 0 aliphatic carbocycles. The highest BCUT2D eigenvalue weighted by molar-refractivity contribution is 9.10. The Hall–Kier alpha value is -1.33. The van der Waals surface area contributed by atoms with Gasteiger partial charge < -0.3 is 5.32 Å². The molecule has 1 N–H and O–H groups in total. The van der Waals surface area contributed by atoms with Crippen molar-refractivity contribution in [2.75, 3.05) is 6.54 Å². The van der Waals surface area contributed by atoms with Crippen molar-refractivity contribution >= 4 is 15.9 Å². The van der Waals surface area contributed by atoms with Crippen LogP contribution >= 0.6 is 15.9 Å². The predicted octanol–water partition coefficient (Wildman–Crippen LogP) is 4.96. The molecule has 5 heteroatoms. The molecule has 1 atom stereocenters. The lowest BCUT2D eigenvalue weighted by Gasteiger charge is -2.20. The third-order valence-electron chi connectivity index (χ3n) is 3.18. The van der Waals surface area contributed by atoms with E-state index < -0.39 is 23.5 Å². The monoisotopic (exact) mass is 357 g/mol. The van der Waals surface area contributed by atoms with Crippen molar-refractivity contribution in [2.24, 2.45) is 0 Å². The highest BCUT2D eigenvalue weighted by atomic mass is 79.9. The highest BCUT2D eigenvalue weighted by Gasteiger charge is 2.21. The maximum absolute atomic E-state index is 14.0. The molecular weight excluding hydrogens is 343 g/mol. The lowest BCUT2D eigenvalue weighted by atomic mass is 9.97. The molecular formula is C16H15BrF3N. The summed E-state index contributed by atoms with van der Waals surface area (Å²) >= 11 is 3.34. The Balaban J connectivity index is 2.45. The van der Waals surface area contributed by atoms with Crippen LogP contribution in [0.5, 0.6) is 0 Å². The number of nitrogens with one attached hydrogen (secondary N) is 1. The quantitative estimate of drug-likeness (QED) is 0.746. The molecule has 0 aromatic heterocycles. The second kappa shape index (κ2) is 7.09. The van der Waals surface area contributed by atoms with Gasteiger partial charge >= 0.3 is 0 Å². The molecule has 0 aliphatic rings. The zero-order valence-corrected chi connectivity index (χ0v) is 13.1. The zero-order chi connectivity index (χ0) is 15.4. The Kier molecular flexibility index (Phi) is 5.42. The van der Waals surface area contributed by atoms with Crippen LogP contribution < -0.4 is 5.32 Å². The molecule has 21 heavy (non-hydrogen) atoms. The first kappa shape index (κ1) is 16.0. The summed E-state index contributed by atoms with van der Waals surface area (Å²) in [5.74, 6) is -3.76. The SMILES string of the molecule is CCCNC(c1ccc(Br)cc1)c1ccc(F)c(F)c1F. The number of hydrogen-bond donors (Lipinski definition) is 1. The van der Waals surface area contributed by atoms with Gasteiger partial charge in [0.15, 0.2) is 17.5 Å². The van der Waals surface area contributed by atoms with E-state index in [-0.39, 0.29) is 5.56 Å². The number of halogens is 4. The zero-order valence-electron chi connectivity index (χ0n) is 11.5. The van der Waals surface area contributed by atoms with Gasteiger partial charge in [0.2, 0.25) is 0 Å². The minimum atomic E-state index is -1.44. The van der Waals surface area contributed by atoms with Crippen molar-refractivity contribution in [3.8, 4) is 0 Å². The summed E-state index contributed by atoms with van der Waals surface area (Å²) in [6.07, 6.45) is 0.846. The average Bonchev–Trinajstić information content (AvgIpc) is 2.48. The van der Waals surface area contributed by atoms with Crippen LogP contribution in [0.4, 0.5) is 13.2 Å². The third-order valence-corrected chi connectivity index (χ3v) is 3.71. The topological polar surface area (TPSA) is 12.0 Å². The number of hydrogen-bond acceptors (Lipinski definition) is 1. The molecule has 0 aliphatic heterocycles. The fraction of sp³-hybridized carbons (Fsp3) is 0.250. The largest absolute Gasteiger partial charge is 0.306 e. The van der Waals surface area contributed by atoms with E-state index >= 15 is 0 Å². The normalized spacial score (nSPS) is 12.4. The minimum Gasteiger partial charge on any atom is -0.306 e. The van der Waals surface area contributed by atoms with Crippen molar-refractivity contribution in [3.63, 3.8) is 0 Å². The maximum atomic E-state index is 14.0. The standard InChI is InChI=1S/C16H15BrF3N/c1-2-9-21-16(10-3-5-11(17)6-4-10)12-7-8-13(18)15(20)14(12)19/h3-8,16,21H,2,9H2,1H3. The van der Waals surface area contributed by atoms with Gasteiger partial charge in [-0.3, -0.25) is 0 Å². The first-order valence-corrected chi connectivity index (χ1v) is 7.46. The molecule has 1 nitrogen and oxygen atoms in total. The number of benzene rings is 2. The Labute approximate surface area is 130 Å². The van der Waals surface area contributed by atoms with Gasteiger partial charge in [0.25, 0.3) is 0 Å². The van der Waals surface area contributed by atoms with Crippen LogP contribution in [0.15, 0.2) is 40.9 Å². The second-order valence-corrected chi connectivity index (χ2v) is 5.62. The van der Waals surface area contributed by atoms with Crippen LogP contribution in [0.1, 0.15) is 30.5 Å². The summed E-state index contributed by atoms with van der Waals surface area (Å²) in [5, 5.41) is 3.16. The Morgan fingerprint density at radius 3 is 2.29 bits per heavy atom. The average molecular weight is 358 g/mol. The van der Waals surface area contributed by atoms with Gasteiger partial charge in [-0.05, 0) is 36.7 Å². The van der Waals surface area contributed by atoms with E-state index in [1.54, 1.807) is 0 Å². The molecule has 0 saturated carbocycles. The van der Waals surface area contributed by atoms with E-state index in [1.165, 1.54) is 6.07 Å². The van der Waals surface area contributed by atoms with Gasteiger partial charge in [-0.25, -0.2) is 13.2 Å². The molecule has 112 valence electrons. The van der Waals surface area contributed by atoms with Crippen LogP contribution in [0, 0.1) is 17.5 Å². The molecule has 0 spiro atoms. The van der Waals surface area contributed by atoms with E-state index in [4.69, 9.17) is 0 Å². The van der Waals surface area contributed by atoms with E-state index in [0.29, 0.717) is 6.54 Å². The first-order valence-electron chi connectivity index (χ1n) is 6.66. The Morgan fingerprint density at radius 1 is 1.00 bits per heavy atom. The Bertz CT molecular complexity index is 614. The molecule has 0 fully saturated rings. The minimum absolute atomic E-state index is 0.102. The van der Waals surface area contributed by atoms with Gasteiger partial charge in [0.05, 0.1) is 6.04 Å². The molecule has 2 rings (SSSR count). The fourth-order valence-electron chi connectivity index (χ4n) is 2.12. The molecule has 1 unspecified atom stereocenters. The van der Waals surface area contributed by atoms with E-state index in [9.17, 15) is 13.2 Å². The van der Waals surface area contributed by atoms with Crippen molar-refractivity contribution in [3.05, 3.63) is 69.4 Å². The maximum Gasteiger partial charge on any atom is 0.194 e. The van der Waals surface area contributed by atoms with Crippen LogP contribution in [0.25, 0.3) is 0 Å². The van der Waals surface area contributed by atoms with Crippen molar-refractivity contribution in [1.29, 1.82) is 0 Å². The second-order valence-electron chi connectivity index (χ2n) is 4.70. The Morgan fingerprint density at radius 2 is 1.67 bits per heavy atom. The number of rotatable bonds is 5. The van der Waals surface area contributed by atoms with E-state index in [1.807, 2.05) is 31.2 Å². The molecule has 0 saturated heterocycles. The third kappa shape index (κ3) is 3.66. The molecule has 0 amide bonds. The summed E-state index contributed by atoms with van der Waals surface area (Å²) in [6, 6.07) is 9.00. The fourth-order valence-corrected chi connectivity index (χ4v) is 2.38. The van der Waals surface area contributed by atoms with Crippen LogP contribution in [-0.2, 0) is 0 Å². The van der Waals surface area contributed by atoms with E-state index in [0.717, 1.165) is 22.5 Å². The smallest absolute Gasteiger partial charge is 0.194 e. The first-order chi connectivity index (χ1) is 10.0. The molecule has 0 bridgehead atoms. The van der Waals surface area contributed by atoms with Gasteiger partial charge in [-0.1, -0.05) is 41.1 Å². The summed E-state index contributed by atoms with van der Waals surface area (Å²) in [7, 11) is 0. The van der Waals surface area contributed by atoms with Crippen LogP contribution in [0.3, 0.4) is 0 Å². The summed E-state index contributed by atoms with van der Waals surface area (Å²) in [6.45, 7) is 2.62. The van der Waals surface area contributed by atoms with Crippen molar-refractivity contribution in [1.82, 2.24) is 5.32 Å². The molecule has 0 heterocycles. The van der Waals surface area contributed by atoms with Gasteiger partial charge in [0.1, 0.15) is 0 Å². The van der Waals surface area contributed by atoms with E-state index in [2.05, 4.69) is 21.2 Å². The predicted molar refractivity (Wildman–Crippen MR) is 80.6 cm³/mol. The van der Waals surface area contributed by atoms with Crippen molar-refractivity contribution in [2.45, 2.75) is 19.4 Å². The molecule has 2 aromatic carbocycles. The highest BCUT2D eigenvalue weighted by Crippen LogP contribution is 2.27. The molecule has 0 radical (unpaired) electrons. The van der Waals surface area contributed by atoms with Gasteiger partial charge in [-0.15, -0.1) is 0 Å². The van der Waals surface area contributed by atoms with Crippen LogP contribution in [0.2, 0.25) is 0 Å². The van der Waals surface area contributed by atoms with Gasteiger partial charge in [-0.2, -0.15) is 0 Å². The summed E-state index contributed by atoms with van der Waals surface area (Å²) in [4.78, 5) is 0. The van der Waals surface area contributed by atoms with Crippen molar-refractivity contribution < 1.29 is 13.2 Å².